The molecule has 102 valence electrons. The smallest absolute Gasteiger partial charge is 0.154 e. The SMILES string of the molecule is Cc1cc(C)c2nc(-n3nc(C)cc3C)cc(C)c2c1. The van der Waals surface area contributed by atoms with E-state index in [1.165, 1.54) is 22.1 Å². The van der Waals surface area contributed by atoms with Gasteiger partial charge in [-0.15, -0.1) is 0 Å². The minimum absolute atomic E-state index is 0.896. The first-order chi connectivity index (χ1) is 9.45. The summed E-state index contributed by atoms with van der Waals surface area (Å²) in [5, 5.41) is 5.76. The average Bonchev–Trinajstić information content (AvgIpc) is 2.69. The average molecular weight is 265 g/mol. The molecule has 0 N–H and O–H groups in total. The fraction of sp³-hybridized carbons (Fsp3) is 0.294. The number of fused-ring (bicyclic) bond motifs is 1. The Labute approximate surface area is 119 Å². The predicted molar refractivity (Wildman–Crippen MR) is 82.6 cm³/mol. The minimum Gasteiger partial charge on any atom is -0.228 e. The lowest BCUT2D eigenvalue weighted by Crippen LogP contribution is -2.03. The second-order valence-electron chi connectivity index (χ2n) is 5.61. The summed E-state index contributed by atoms with van der Waals surface area (Å²) in [7, 11) is 0. The molecule has 0 aliphatic carbocycles. The Hall–Kier alpha value is -2.16. The molecule has 0 aliphatic heterocycles. The second-order valence-corrected chi connectivity index (χ2v) is 5.61. The van der Waals surface area contributed by atoms with Crippen LogP contribution in [0, 0.1) is 34.6 Å². The van der Waals surface area contributed by atoms with Crippen molar-refractivity contribution in [2.75, 3.05) is 0 Å². The van der Waals surface area contributed by atoms with Gasteiger partial charge in [0.15, 0.2) is 5.82 Å². The van der Waals surface area contributed by atoms with Crippen LogP contribution >= 0.6 is 0 Å². The molecular weight excluding hydrogens is 246 g/mol. The van der Waals surface area contributed by atoms with Crippen molar-refractivity contribution in [3.8, 4) is 5.82 Å². The first-order valence-corrected chi connectivity index (χ1v) is 6.88. The third-order valence-corrected chi connectivity index (χ3v) is 3.67. The lowest BCUT2D eigenvalue weighted by atomic mass is 10.0. The van der Waals surface area contributed by atoms with E-state index in [0.29, 0.717) is 0 Å². The Morgan fingerprint density at radius 2 is 1.60 bits per heavy atom. The molecule has 0 fully saturated rings. The zero-order valence-electron chi connectivity index (χ0n) is 12.7. The van der Waals surface area contributed by atoms with Gasteiger partial charge in [-0.2, -0.15) is 5.10 Å². The molecule has 0 spiro atoms. The van der Waals surface area contributed by atoms with Gasteiger partial charge in [0.2, 0.25) is 0 Å². The van der Waals surface area contributed by atoms with Crippen LogP contribution in [0.3, 0.4) is 0 Å². The first kappa shape index (κ1) is 12.9. The van der Waals surface area contributed by atoms with E-state index < -0.39 is 0 Å². The van der Waals surface area contributed by atoms with Crippen LogP contribution in [0.2, 0.25) is 0 Å². The quantitative estimate of drug-likeness (QED) is 0.666. The molecule has 0 atom stereocenters. The second kappa shape index (κ2) is 4.44. The summed E-state index contributed by atoms with van der Waals surface area (Å²) >= 11 is 0. The summed E-state index contributed by atoms with van der Waals surface area (Å²) in [6.07, 6.45) is 0. The van der Waals surface area contributed by atoms with Crippen molar-refractivity contribution in [3.63, 3.8) is 0 Å². The van der Waals surface area contributed by atoms with Gasteiger partial charge in [-0.25, -0.2) is 9.67 Å². The Morgan fingerprint density at radius 3 is 2.25 bits per heavy atom. The highest BCUT2D eigenvalue weighted by Crippen LogP contribution is 2.24. The fourth-order valence-electron chi connectivity index (χ4n) is 2.80. The number of aryl methyl sites for hydroxylation is 5. The van der Waals surface area contributed by atoms with Crippen molar-refractivity contribution in [3.05, 3.63) is 52.3 Å². The summed E-state index contributed by atoms with van der Waals surface area (Å²) in [6.45, 7) is 10.4. The monoisotopic (exact) mass is 265 g/mol. The highest BCUT2D eigenvalue weighted by Gasteiger charge is 2.10. The molecule has 3 heteroatoms. The largest absolute Gasteiger partial charge is 0.228 e. The van der Waals surface area contributed by atoms with Crippen molar-refractivity contribution in [2.45, 2.75) is 34.6 Å². The lowest BCUT2D eigenvalue weighted by Gasteiger charge is -2.10. The molecule has 3 aromatic rings. The highest BCUT2D eigenvalue weighted by atomic mass is 15.3. The molecule has 0 radical (unpaired) electrons. The first-order valence-electron chi connectivity index (χ1n) is 6.88. The third kappa shape index (κ3) is 1.99. The molecule has 20 heavy (non-hydrogen) atoms. The standard InChI is InChI=1S/C17H19N3/c1-10-6-12(3)17-15(7-10)11(2)8-16(18-17)20-14(5)9-13(4)19-20/h6-9H,1-5H3. The molecule has 2 aromatic heterocycles. The van der Waals surface area contributed by atoms with Crippen LogP contribution in [0.4, 0.5) is 0 Å². The van der Waals surface area contributed by atoms with Crippen LogP contribution in [0.5, 0.6) is 0 Å². The minimum atomic E-state index is 0.896. The maximum absolute atomic E-state index is 4.82. The van der Waals surface area contributed by atoms with E-state index in [0.717, 1.165) is 22.7 Å². The van der Waals surface area contributed by atoms with Gasteiger partial charge in [0.25, 0.3) is 0 Å². The van der Waals surface area contributed by atoms with Crippen LogP contribution in [-0.4, -0.2) is 14.8 Å². The molecular formula is C17H19N3. The maximum atomic E-state index is 4.82. The molecule has 0 aliphatic rings. The molecule has 0 bridgehead atoms. The number of hydrogen-bond acceptors (Lipinski definition) is 2. The number of aromatic nitrogens is 3. The lowest BCUT2D eigenvalue weighted by molar-refractivity contribution is 0.809. The van der Waals surface area contributed by atoms with Crippen molar-refractivity contribution in [1.29, 1.82) is 0 Å². The molecule has 0 unspecified atom stereocenters. The Kier molecular flexibility index (Phi) is 2.85. The zero-order valence-corrected chi connectivity index (χ0v) is 12.7. The summed E-state index contributed by atoms with van der Waals surface area (Å²) in [6, 6.07) is 8.57. The van der Waals surface area contributed by atoms with Gasteiger partial charge in [-0.3, -0.25) is 0 Å². The van der Waals surface area contributed by atoms with Gasteiger partial charge >= 0.3 is 0 Å². The zero-order chi connectivity index (χ0) is 14.4. The number of pyridine rings is 1. The fourth-order valence-corrected chi connectivity index (χ4v) is 2.80. The van der Waals surface area contributed by atoms with Gasteiger partial charge in [-0.1, -0.05) is 11.6 Å². The summed E-state index contributed by atoms with van der Waals surface area (Å²) in [4.78, 5) is 4.82. The number of nitrogens with zero attached hydrogens (tertiary/aromatic N) is 3. The van der Waals surface area contributed by atoms with Gasteiger partial charge in [0.05, 0.1) is 11.2 Å². The van der Waals surface area contributed by atoms with Crippen LogP contribution in [-0.2, 0) is 0 Å². The van der Waals surface area contributed by atoms with E-state index in [1.807, 2.05) is 11.6 Å². The maximum Gasteiger partial charge on any atom is 0.154 e. The topological polar surface area (TPSA) is 30.7 Å². The van der Waals surface area contributed by atoms with Gasteiger partial charge in [-0.05, 0) is 63.9 Å². The van der Waals surface area contributed by atoms with E-state index in [-0.39, 0.29) is 0 Å². The normalized spacial score (nSPS) is 11.2. The van der Waals surface area contributed by atoms with Gasteiger partial charge < -0.3 is 0 Å². The Morgan fingerprint density at radius 1 is 0.850 bits per heavy atom. The molecule has 3 nitrogen and oxygen atoms in total. The van der Waals surface area contributed by atoms with Crippen LogP contribution in [0.1, 0.15) is 28.1 Å². The van der Waals surface area contributed by atoms with Crippen molar-refractivity contribution in [1.82, 2.24) is 14.8 Å². The predicted octanol–water partition coefficient (Wildman–Crippen LogP) is 3.96. The van der Waals surface area contributed by atoms with E-state index in [4.69, 9.17) is 4.98 Å². The molecule has 3 rings (SSSR count). The van der Waals surface area contributed by atoms with E-state index in [9.17, 15) is 0 Å². The molecule has 0 saturated carbocycles. The van der Waals surface area contributed by atoms with Gasteiger partial charge in [0, 0.05) is 11.1 Å². The number of benzene rings is 1. The number of rotatable bonds is 1. The van der Waals surface area contributed by atoms with E-state index in [1.54, 1.807) is 0 Å². The van der Waals surface area contributed by atoms with E-state index >= 15 is 0 Å². The van der Waals surface area contributed by atoms with Crippen molar-refractivity contribution in [2.24, 2.45) is 0 Å². The van der Waals surface area contributed by atoms with Crippen molar-refractivity contribution >= 4 is 10.9 Å². The van der Waals surface area contributed by atoms with E-state index in [2.05, 4.69) is 57.1 Å². The third-order valence-electron chi connectivity index (χ3n) is 3.67. The molecule has 0 saturated heterocycles. The summed E-state index contributed by atoms with van der Waals surface area (Å²) in [5.41, 5.74) is 6.92. The van der Waals surface area contributed by atoms with Crippen LogP contribution < -0.4 is 0 Å². The Bertz CT molecular complexity index is 813. The van der Waals surface area contributed by atoms with Crippen LogP contribution in [0.15, 0.2) is 24.3 Å². The van der Waals surface area contributed by atoms with Gasteiger partial charge in [0.1, 0.15) is 0 Å². The Balaban J connectivity index is 2.32. The summed E-state index contributed by atoms with van der Waals surface area (Å²) in [5.74, 6) is 0.896. The number of hydrogen-bond donors (Lipinski definition) is 0. The summed E-state index contributed by atoms with van der Waals surface area (Å²) < 4.78 is 1.92. The van der Waals surface area contributed by atoms with Crippen molar-refractivity contribution < 1.29 is 0 Å². The molecule has 1 aromatic carbocycles. The van der Waals surface area contributed by atoms with Crippen LogP contribution in [0.25, 0.3) is 16.7 Å². The molecule has 0 amide bonds. The highest BCUT2D eigenvalue weighted by molar-refractivity contribution is 5.86. The molecule has 2 heterocycles.